The first-order valence-corrected chi connectivity index (χ1v) is 6.28. The minimum Gasteiger partial charge on any atom is -0.269 e. The second kappa shape index (κ2) is 11.8. The van der Waals surface area contributed by atoms with Crippen molar-refractivity contribution >= 4 is 10.0 Å². The smallest absolute Gasteiger partial charge is 0.209 e. The fourth-order valence-electron chi connectivity index (χ4n) is 0.730. The van der Waals surface area contributed by atoms with E-state index in [9.17, 15) is 8.42 Å². The molecular weight excluding hydrogens is 193 g/mol. The molecule has 0 heterocycles. The van der Waals surface area contributed by atoms with Crippen molar-refractivity contribution in [2.24, 2.45) is 5.14 Å². The van der Waals surface area contributed by atoms with Crippen LogP contribution in [0.3, 0.4) is 0 Å². The molecule has 0 aliphatic rings. The fourth-order valence-corrected chi connectivity index (χ4v) is 1.34. The molecule has 0 aromatic rings. The Labute approximate surface area is 81.1 Å². The molecule has 0 radical (unpaired) electrons. The zero-order chi connectivity index (χ0) is 10.0. The average Bonchev–Trinajstić information content (AvgIpc) is 2.01. The summed E-state index contributed by atoms with van der Waals surface area (Å²) in [4.78, 5) is 0. The average molecular weight is 215 g/mol. The summed E-state index contributed by atoms with van der Waals surface area (Å²) in [5.74, 6) is 0.132. The van der Waals surface area contributed by atoms with Crippen LogP contribution in [-0.2, 0) is 10.0 Å². The molecule has 5 heteroatoms. The third-order valence-corrected chi connectivity index (χ3v) is 2.14. The SMILES string of the molecule is CC.CCCCCCS(N)(=O)=O.F. The predicted octanol–water partition coefficient (Wildman–Crippen LogP) is 2.03. The van der Waals surface area contributed by atoms with Gasteiger partial charge >= 0.3 is 0 Å². The van der Waals surface area contributed by atoms with Gasteiger partial charge in [0.1, 0.15) is 0 Å². The molecule has 0 aliphatic heterocycles. The van der Waals surface area contributed by atoms with Crippen LogP contribution in [0, 0.1) is 0 Å². The number of primary sulfonamides is 1. The van der Waals surface area contributed by atoms with Crippen LogP contribution in [-0.4, -0.2) is 14.2 Å². The maximum atomic E-state index is 10.4. The van der Waals surface area contributed by atoms with Gasteiger partial charge in [0.05, 0.1) is 5.75 Å². The van der Waals surface area contributed by atoms with E-state index in [0.717, 1.165) is 19.3 Å². The van der Waals surface area contributed by atoms with Crippen molar-refractivity contribution in [2.75, 3.05) is 5.75 Å². The first-order chi connectivity index (χ1) is 5.56. The molecule has 3 nitrogen and oxygen atoms in total. The van der Waals surface area contributed by atoms with Crippen LogP contribution in [0.5, 0.6) is 0 Å². The lowest BCUT2D eigenvalue weighted by Crippen LogP contribution is -2.16. The van der Waals surface area contributed by atoms with Crippen LogP contribution in [0.15, 0.2) is 0 Å². The van der Waals surface area contributed by atoms with E-state index in [2.05, 4.69) is 6.92 Å². The minimum absolute atomic E-state index is 0. The highest BCUT2D eigenvalue weighted by molar-refractivity contribution is 7.89. The molecule has 0 bridgehead atoms. The number of hydrogen-bond donors (Lipinski definition) is 1. The van der Waals surface area contributed by atoms with Gasteiger partial charge in [-0.1, -0.05) is 40.0 Å². The van der Waals surface area contributed by atoms with Crippen molar-refractivity contribution in [3.63, 3.8) is 0 Å². The lowest BCUT2D eigenvalue weighted by molar-refractivity contribution is 0.590. The topological polar surface area (TPSA) is 60.2 Å². The first-order valence-electron chi connectivity index (χ1n) is 4.56. The second-order valence-corrected chi connectivity index (χ2v) is 4.16. The summed E-state index contributed by atoms with van der Waals surface area (Å²) < 4.78 is 20.7. The molecule has 0 spiro atoms. The zero-order valence-corrected chi connectivity index (χ0v) is 9.56. The Bertz CT molecular complexity index is 169. The molecule has 0 saturated heterocycles. The monoisotopic (exact) mass is 215 g/mol. The van der Waals surface area contributed by atoms with E-state index in [4.69, 9.17) is 5.14 Å². The molecule has 0 fully saturated rings. The molecular formula is C8H22FNO2S. The Kier molecular flexibility index (Phi) is 16.9. The lowest BCUT2D eigenvalue weighted by atomic mass is 10.2. The van der Waals surface area contributed by atoms with E-state index in [1.165, 1.54) is 0 Å². The number of halogens is 1. The number of unbranched alkanes of at least 4 members (excludes halogenated alkanes) is 3. The number of nitrogens with two attached hydrogens (primary N) is 1. The van der Waals surface area contributed by atoms with Gasteiger partial charge in [0.15, 0.2) is 0 Å². The maximum absolute atomic E-state index is 10.4. The third-order valence-electron chi connectivity index (χ3n) is 1.28. The Morgan fingerprint density at radius 3 is 1.85 bits per heavy atom. The molecule has 0 aliphatic carbocycles. The highest BCUT2D eigenvalue weighted by Crippen LogP contribution is 1.99. The van der Waals surface area contributed by atoms with E-state index in [0.29, 0.717) is 6.42 Å². The standard InChI is InChI=1S/C6H15NO2S.C2H6.FH/c1-2-3-4-5-6-10(7,8)9;1-2;/h2-6H2,1H3,(H2,7,8,9);1-2H3;1H. The molecule has 0 saturated carbocycles. The van der Waals surface area contributed by atoms with E-state index < -0.39 is 10.0 Å². The van der Waals surface area contributed by atoms with Gasteiger partial charge in [0.25, 0.3) is 0 Å². The molecule has 0 rings (SSSR count). The summed E-state index contributed by atoms with van der Waals surface area (Å²) in [6, 6.07) is 0. The van der Waals surface area contributed by atoms with Crippen LogP contribution in [0.2, 0.25) is 0 Å². The normalized spacial score (nSPS) is 9.54. The van der Waals surface area contributed by atoms with Crippen LogP contribution < -0.4 is 5.14 Å². The second-order valence-electron chi connectivity index (χ2n) is 2.43. The molecule has 0 aromatic carbocycles. The van der Waals surface area contributed by atoms with E-state index in [1.54, 1.807) is 0 Å². The third kappa shape index (κ3) is 24.5. The summed E-state index contributed by atoms with van der Waals surface area (Å²) in [6.45, 7) is 6.08. The Hall–Kier alpha value is -0.160. The van der Waals surface area contributed by atoms with Crippen LogP contribution >= 0.6 is 0 Å². The number of hydrogen-bond acceptors (Lipinski definition) is 2. The quantitative estimate of drug-likeness (QED) is 0.713. The molecule has 84 valence electrons. The first kappa shape index (κ1) is 18.6. The minimum atomic E-state index is -3.20. The van der Waals surface area contributed by atoms with Gasteiger partial charge in [0, 0.05) is 0 Å². The maximum Gasteiger partial charge on any atom is 0.209 e. The Balaban J connectivity index is -0.000000309. The number of rotatable bonds is 5. The molecule has 0 aromatic heterocycles. The van der Waals surface area contributed by atoms with Crippen molar-refractivity contribution in [1.29, 1.82) is 0 Å². The van der Waals surface area contributed by atoms with Crippen LogP contribution in [0.4, 0.5) is 4.70 Å². The highest BCUT2D eigenvalue weighted by atomic mass is 32.2. The molecule has 0 amide bonds. The summed E-state index contributed by atoms with van der Waals surface area (Å²) >= 11 is 0. The molecule has 2 N–H and O–H groups in total. The van der Waals surface area contributed by atoms with Gasteiger partial charge in [-0.3, -0.25) is 4.70 Å². The van der Waals surface area contributed by atoms with Crippen molar-refractivity contribution in [3.8, 4) is 0 Å². The van der Waals surface area contributed by atoms with Crippen LogP contribution in [0.1, 0.15) is 46.5 Å². The lowest BCUT2D eigenvalue weighted by Gasteiger charge is -1.96. The van der Waals surface area contributed by atoms with E-state index >= 15 is 0 Å². The van der Waals surface area contributed by atoms with Gasteiger partial charge in [0.2, 0.25) is 10.0 Å². The predicted molar refractivity (Wildman–Crippen MR) is 56.0 cm³/mol. The Morgan fingerprint density at radius 2 is 1.54 bits per heavy atom. The zero-order valence-electron chi connectivity index (χ0n) is 8.75. The molecule has 13 heavy (non-hydrogen) atoms. The van der Waals surface area contributed by atoms with Crippen molar-refractivity contribution in [1.82, 2.24) is 0 Å². The van der Waals surface area contributed by atoms with Crippen LogP contribution in [0.25, 0.3) is 0 Å². The van der Waals surface area contributed by atoms with E-state index in [-0.39, 0.29) is 10.5 Å². The Morgan fingerprint density at radius 1 is 1.08 bits per heavy atom. The summed E-state index contributed by atoms with van der Waals surface area (Å²) in [5.41, 5.74) is 0. The van der Waals surface area contributed by atoms with E-state index in [1.807, 2.05) is 13.8 Å². The van der Waals surface area contributed by atoms with Crippen molar-refractivity contribution in [2.45, 2.75) is 46.5 Å². The summed E-state index contributed by atoms with van der Waals surface area (Å²) in [5, 5.41) is 4.79. The van der Waals surface area contributed by atoms with Crippen molar-refractivity contribution in [3.05, 3.63) is 0 Å². The molecule has 0 unspecified atom stereocenters. The summed E-state index contributed by atoms with van der Waals surface area (Å²) in [7, 11) is -3.20. The van der Waals surface area contributed by atoms with Gasteiger partial charge < -0.3 is 0 Å². The number of sulfonamides is 1. The van der Waals surface area contributed by atoms with Crippen molar-refractivity contribution < 1.29 is 13.1 Å². The van der Waals surface area contributed by atoms with Gasteiger partial charge in [-0.15, -0.1) is 0 Å². The van der Waals surface area contributed by atoms with Gasteiger partial charge in [-0.05, 0) is 6.42 Å². The van der Waals surface area contributed by atoms with Gasteiger partial charge in [-0.2, -0.15) is 0 Å². The fraction of sp³-hybridized carbons (Fsp3) is 1.00. The highest BCUT2D eigenvalue weighted by Gasteiger charge is 1.99. The largest absolute Gasteiger partial charge is 0.269 e. The van der Waals surface area contributed by atoms with Gasteiger partial charge in [-0.25, -0.2) is 13.6 Å². The molecule has 0 atom stereocenters. The summed E-state index contributed by atoms with van der Waals surface area (Å²) in [6.07, 6.45) is 3.87.